The van der Waals surface area contributed by atoms with E-state index in [1.807, 2.05) is 20.8 Å². The smallest absolute Gasteiger partial charge is 0.254 e. The SMILES string of the molecule is CCC(C)C(O)CNC(=O)c1cnn(C)c1C. The minimum Gasteiger partial charge on any atom is -0.391 e. The van der Waals surface area contributed by atoms with Crippen molar-refractivity contribution in [1.29, 1.82) is 0 Å². The molecule has 96 valence electrons. The molecule has 1 rings (SSSR count). The molecule has 2 atom stereocenters. The molecule has 0 aromatic carbocycles. The highest BCUT2D eigenvalue weighted by atomic mass is 16.3. The summed E-state index contributed by atoms with van der Waals surface area (Å²) in [5.41, 5.74) is 1.38. The number of hydrogen-bond acceptors (Lipinski definition) is 3. The van der Waals surface area contributed by atoms with Gasteiger partial charge in [-0.15, -0.1) is 0 Å². The molecular formula is C12H21N3O2. The normalized spacial score (nSPS) is 14.4. The number of rotatable bonds is 5. The number of aliphatic hydroxyl groups excluding tert-OH is 1. The second-order valence-corrected chi connectivity index (χ2v) is 4.43. The molecule has 17 heavy (non-hydrogen) atoms. The zero-order chi connectivity index (χ0) is 13.0. The summed E-state index contributed by atoms with van der Waals surface area (Å²) in [4.78, 5) is 11.8. The molecular weight excluding hydrogens is 218 g/mol. The largest absolute Gasteiger partial charge is 0.391 e. The number of carbonyl (C=O) groups excluding carboxylic acids is 1. The number of aromatic nitrogens is 2. The number of aliphatic hydroxyl groups is 1. The lowest BCUT2D eigenvalue weighted by atomic mass is 10.0. The number of carbonyl (C=O) groups is 1. The van der Waals surface area contributed by atoms with E-state index in [0.29, 0.717) is 5.56 Å². The van der Waals surface area contributed by atoms with Gasteiger partial charge in [0.25, 0.3) is 5.91 Å². The molecule has 0 aliphatic rings. The van der Waals surface area contributed by atoms with Gasteiger partial charge in [0.05, 0.1) is 17.9 Å². The van der Waals surface area contributed by atoms with Gasteiger partial charge in [0.15, 0.2) is 0 Å². The molecule has 0 saturated heterocycles. The monoisotopic (exact) mass is 239 g/mol. The summed E-state index contributed by atoms with van der Waals surface area (Å²) < 4.78 is 1.65. The van der Waals surface area contributed by atoms with Crippen LogP contribution in [0.3, 0.4) is 0 Å². The van der Waals surface area contributed by atoms with Crippen molar-refractivity contribution in [3.05, 3.63) is 17.5 Å². The molecule has 2 N–H and O–H groups in total. The molecule has 5 nitrogen and oxygen atoms in total. The predicted octanol–water partition coefficient (Wildman–Crippen LogP) is 0.865. The van der Waals surface area contributed by atoms with Crippen LogP contribution < -0.4 is 5.32 Å². The van der Waals surface area contributed by atoms with E-state index in [4.69, 9.17) is 0 Å². The third-order valence-corrected chi connectivity index (χ3v) is 3.25. The van der Waals surface area contributed by atoms with Crippen molar-refractivity contribution in [3.8, 4) is 0 Å². The van der Waals surface area contributed by atoms with Crippen LogP contribution in [0.15, 0.2) is 6.20 Å². The van der Waals surface area contributed by atoms with Gasteiger partial charge < -0.3 is 10.4 Å². The van der Waals surface area contributed by atoms with E-state index in [9.17, 15) is 9.90 Å². The second kappa shape index (κ2) is 5.82. The predicted molar refractivity (Wildman–Crippen MR) is 65.7 cm³/mol. The summed E-state index contributed by atoms with van der Waals surface area (Å²) in [7, 11) is 1.79. The minimum absolute atomic E-state index is 0.182. The quantitative estimate of drug-likeness (QED) is 0.801. The number of nitrogens with zero attached hydrogens (tertiary/aromatic N) is 2. The van der Waals surface area contributed by atoms with E-state index in [1.165, 1.54) is 0 Å². The van der Waals surface area contributed by atoms with Crippen LogP contribution in [0.4, 0.5) is 0 Å². The van der Waals surface area contributed by atoms with Gasteiger partial charge in [-0.25, -0.2) is 0 Å². The fourth-order valence-electron chi connectivity index (χ4n) is 1.49. The molecule has 1 amide bonds. The molecule has 0 fully saturated rings. The van der Waals surface area contributed by atoms with E-state index < -0.39 is 6.10 Å². The van der Waals surface area contributed by atoms with Crippen LogP contribution in [-0.4, -0.2) is 33.4 Å². The average Bonchev–Trinajstić information content (AvgIpc) is 2.65. The Kier molecular flexibility index (Phi) is 4.69. The zero-order valence-corrected chi connectivity index (χ0v) is 10.9. The third kappa shape index (κ3) is 3.30. The van der Waals surface area contributed by atoms with Gasteiger partial charge in [0.1, 0.15) is 0 Å². The molecule has 1 aromatic rings. The van der Waals surface area contributed by atoms with Crippen molar-refractivity contribution >= 4 is 5.91 Å². The van der Waals surface area contributed by atoms with Gasteiger partial charge in [-0.05, 0) is 12.8 Å². The first kappa shape index (κ1) is 13.7. The van der Waals surface area contributed by atoms with Crippen molar-refractivity contribution in [2.45, 2.75) is 33.3 Å². The lowest BCUT2D eigenvalue weighted by molar-refractivity contribution is 0.0849. The second-order valence-electron chi connectivity index (χ2n) is 4.43. The minimum atomic E-state index is -0.499. The Morgan fingerprint density at radius 1 is 1.65 bits per heavy atom. The Morgan fingerprint density at radius 2 is 2.29 bits per heavy atom. The number of nitrogens with one attached hydrogen (secondary N) is 1. The fraction of sp³-hybridized carbons (Fsp3) is 0.667. The third-order valence-electron chi connectivity index (χ3n) is 3.25. The molecule has 0 aliphatic heterocycles. The van der Waals surface area contributed by atoms with Crippen LogP contribution >= 0.6 is 0 Å². The molecule has 0 spiro atoms. The topological polar surface area (TPSA) is 67.2 Å². The zero-order valence-electron chi connectivity index (χ0n) is 10.9. The Balaban J connectivity index is 2.53. The maximum absolute atomic E-state index is 11.8. The standard InChI is InChI=1S/C12H21N3O2/c1-5-8(2)11(16)7-13-12(17)10-6-14-15(4)9(10)3/h6,8,11,16H,5,7H2,1-4H3,(H,13,17). The van der Waals surface area contributed by atoms with E-state index in [1.54, 1.807) is 17.9 Å². The van der Waals surface area contributed by atoms with Crippen molar-refractivity contribution < 1.29 is 9.90 Å². The van der Waals surface area contributed by atoms with Crippen molar-refractivity contribution in [2.75, 3.05) is 6.54 Å². The van der Waals surface area contributed by atoms with Crippen LogP contribution in [0.25, 0.3) is 0 Å². The van der Waals surface area contributed by atoms with Crippen LogP contribution in [0.2, 0.25) is 0 Å². The van der Waals surface area contributed by atoms with Gasteiger partial charge in [-0.2, -0.15) is 5.10 Å². The summed E-state index contributed by atoms with van der Waals surface area (Å²) >= 11 is 0. The molecule has 0 aliphatic carbocycles. The van der Waals surface area contributed by atoms with E-state index >= 15 is 0 Å². The van der Waals surface area contributed by atoms with Crippen molar-refractivity contribution in [2.24, 2.45) is 13.0 Å². The average molecular weight is 239 g/mol. The van der Waals surface area contributed by atoms with Gasteiger partial charge in [0, 0.05) is 19.3 Å². The lowest BCUT2D eigenvalue weighted by Gasteiger charge is -2.17. The van der Waals surface area contributed by atoms with Crippen LogP contribution in [0.5, 0.6) is 0 Å². The van der Waals surface area contributed by atoms with Crippen LogP contribution in [0, 0.1) is 12.8 Å². The highest BCUT2D eigenvalue weighted by molar-refractivity contribution is 5.95. The Bertz CT molecular complexity index is 387. The van der Waals surface area contributed by atoms with Crippen LogP contribution in [-0.2, 0) is 7.05 Å². The molecule has 1 aromatic heterocycles. The van der Waals surface area contributed by atoms with Gasteiger partial charge in [0.2, 0.25) is 0 Å². The molecule has 5 heteroatoms. The maximum atomic E-state index is 11.8. The summed E-state index contributed by atoms with van der Waals surface area (Å²) in [5, 5.41) is 16.5. The molecule has 0 bridgehead atoms. The molecule has 1 heterocycles. The summed E-state index contributed by atoms with van der Waals surface area (Å²) in [6, 6.07) is 0. The highest BCUT2D eigenvalue weighted by Crippen LogP contribution is 2.08. The first-order valence-electron chi connectivity index (χ1n) is 5.92. The fourth-order valence-corrected chi connectivity index (χ4v) is 1.49. The first-order valence-corrected chi connectivity index (χ1v) is 5.92. The van der Waals surface area contributed by atoms with Gasteiger partial charge >= 0.3 is 0 Å². The highest BCUT2D eigenvalue weighted by Gasteiger charge is 2.16. The maximum Gasteiger partial charge on any atom is 0.254 e. The lowest BCUT2D eigenvalue weighted by Crippen LogP contribution is -2.35. The van der Waals surface area contributed by atoms with E-state index in [2.05, 4.69) is 10.4 Å². The molecule has 0 radical (unpaired) electrons. The Hall–Kier alpha value is -1.36. The van der Waals surface area contributed by atoms with Crippen molar-refractivity contribution in [1.82, 2.24) is 15.1 Å². The van der Waals surface area contributed by atoms with E-state index in [0.717, 1.165) is 12.1 Å². The van der Waals surface area contributed by atoms with Gasteiger partial charge in [-0.1, -0.05) is 20.3 Å². The Morgan fingerprint density at radius 3 is 2.76 bits per heavy atom. The summed E-state index contributed by atoms with van der Waals surface area (Å²) in [6.45, 7) is 6.10. The summed E-state index contributed by atoms with van der Waals surface area (Å²) in [5.74, 6) is 0.00301. The van der Waals surface area contributed by atoms with E-state index in [-0.39, 0.29) is 18.4 Å². The number of amides is 1. The van der Waals surface area contributed by atoms with Crippen LogP contribution in [0.1, 0.15) is 36.3 Å². The first-order chi connectivity index (χ1) is 7.97. The molecule has 0 saturated carbocycles. The number of aryl methyl sites for hydroxylation is 1. The van der Waals surface area contributed by atoms with Crippen molar-refractivity contribution in [3.63, 3.8) is 0 Å². The Labute approximate surface area is 102 Å². The van der Waals surface area contributed by atoms with Gasteiger partial charge in [-0.3, -0.25) is 9.48 Å². The number of hydrogen-bond donors (Lipinski definition) is 2. The summed E-state index contributed by atoms with van der Waals surface area (Å²) in [6.07, 6.45) is 1.93. The molecule has 2 unspecified atom stereocenters.